The van der Waals surface area contributed by atoms with Gasteiger partial charge in [-0.2, -0.15) is 0 Å². The van der Waals surface area contributed by atoms with E-state index in [9.17, 15) is 0 Å². The standard InChI is InChI=1S/C15H18N2/c1-10-5-4-6-14(12(10)3)17-15-9-13(16)8-7-11(15)2/h4-9,17H,16H2,1-3H3. The molecule has 0 amide bonds. The second-order valence-electron chi connectivity index (χ2n) is 4.45. The molecule has 17 heavy (non-hydrogen) atoms. The van der Waals surface area contributed by atoms with Crippen LogP contribution in [0.1, 0.15) is 16.7 Å². The molecule has 0 fully saturated rings. The number of nitrogens with one attached hydrogen (secondary N) is 1. The number of anilines is 3. The van der Waals surface area contributed by atoms with Crippen LogP contribution in [-0.2, 0) is 0 Å². The van der Waals surface area contributed by atoms with Gasteiger partial charge < -0.3 is 11.1 Å². The Kier molecular flexibility index (Phi) is 3.05. The van der Waals surface area contributed by atoms with Gasteiger partial charge in [0.1, 0.15) is 0 Å². The van der Waals surface area contributed by atoms with Gasteiger partial charge in [0.2, 0.25) is 0 Å². The Morgan fingerprint density at radius 1 is 0.882 bits per heavy atom. The van der Waals surface area contributed by atoms with Gasteiger partial charge in [-0.25, -0.2) is 0 Å². The maximum atomic E-state index is 5.81. The first-order valence-corrected chi connectivity index (χ1v) is 5.77. The lowest BCUT2D eigenvalue weighted by Crippen LogP contribution is -1.97. The first-order chi connectivity index (χ1) is 8.08. The van der Waals surface area contributed by atoms with E-state index in [0.29, 0.717) is 0 Å². The molecule has 0 unspecified atom stereocenters. The van der Waals surface area contributed by atoms with Crippen LogP contribution < -0.4 is 11.1 Å². The van der Waals surface area contributed by atoms with Gasteiger partial charge in [0, 0.05) is 17.1 Å². The van der Waals surface area contributed by atoms with Crippen molar-refractivity contribution in [3.63, 3.8) is 0 Å². The van der Waals surface area contributed by atoms with E-state index >= 15 is 0 Å². The van der Waals surface area contributed by atoms with Crippen molar-refractivity contribution < 1.29 is 0 Å². The van der Waals surface area contributed by atoms with Crippen LogP contribution in [0.3, 0.4) is 0 Å². The fraction of sp³-hybridized carbons (Fsp3) is 0.200. The van der Waals surface area contributed by atoms with E-state index in [-0.39, 0.29) is 0 Å². The van der Waals surface area contributed by atoms with Crippen LogP contribution >= 0.6 is 0 Å². The number of nitrogens with two attached hydrogens (primary N) is 1. The third-order valence-corrected chi connectivity index (χ3v) is 3.14. The molecule has 0 aliphatic rings. The monoisotopic (exact) mass is 226 g/mol. The minimum Gasteiger partial charge on any atom is -0.399 e. The summed E-state index contributed by atoms with van der Waals surface area (Å²) in [6.45, 7) is 6.32. The van der Waals surface area contributed by atoms with Gasteiger partial charge in [0.05, 0.1) is 0 Å². The van der Waals surface area contributed by atoms with E-state index < -0.39 is 0 Å². The lowest BCUT2D eigenvalue weighted by atomic mass is 10.1. The summed E-state index contributed by atoms with van der Waals surface area (Å²) in [5, 5.41) is 3.44. The van der Waals surface area contributed by atoms with Crippen LogP contribution in [0.15, 0.2) is 36.4 Å². The van der Waals surface area contributed by atoms with Gasteiger partial charge in [0.15, 0.2) is 0 Å². The van der Waals surface area contributed by atoms with Crippen molar-refractivity contribution in [3.8, 4) is 0 Å². The molecule has 2 aromatic rings. The summed E-state index contributed by atoms with van der Waals surface area (Å²) in [4.78, 5) is 0. The number of aryl methyl sites for hydroxylation is 2. The Morgan fingerprint density at radius 3 is 2.41 bits per heavy atom. The Bertz CT molecular complexity index is 545. The summed E-state index contributed by atoms with van der Waals surface area (Å²) in [5.41, 5.74) is 12.6. The maximum absolute atomic E-state index is 5.81. The quantitative estimate of drug-likeness (QED) is 0.761. The first kappa shape index (κ1) is 11.5. The lowest BCUT2D eigenvalue weighted by molar-refractivity contribution is 1.32. The molecule has 88 valence electrons. The van der Waals surface area contributed by atoms with Gasteiger partial charge in [-0.3, -0.25) is 0 Å². The highest BCUT2D eigenvalue weighted by molar-refractivity contribution is 5.69. The highest BCUT2D eigenvalue weighted by Gasteiger charge is 2.03. The third kappa shape index (κ3) is 2.41. The maximum Gasteiger partial charge on any atom is 0.0434 e. The topological polar surface area (TPSA) is 38.0 Å². The lowest BCUT2D eigenvalue weighted by Gasteiger charge is -2.14. The SMILES string of the molecule is Cc1ccc(N)cc1Nc1cccc(C)c1C. The summed E-state index contributed by atoms with van der Waals surface area (Å²) >= 11 is 0. The van der Waals surface area contributed by atoms with Crippen LogP contribution in [0.25, 0.3) is 0 Å². The molecule has 0 heterocycles. The molecule has 0 aliphatic heterocycles. The van der Waals surface area contributed by atoms with E-state index in [2.05, 4.69) is 44.3 Å². The van der Waals surface area contributed by atoms with Gasteiger partial charge in [-0.05, 0) is 55.7 Å². The molecule has 0 saturated heterocycles. The number of hydrogen-bond donors (Lipinski definition) is 2. The van der Waals surface area contributed by atoms with Crippen molar-refractivity contribution >= 4 is 17.1 Å². The van der Waals surface area contributed by atoms with Gasteiger partial charge in [-0.1, -0.05) is 18.2 Å². The number of benzene rings is 2. The molecule has 2 rings (SSSR count). The fourth-order valence-electron chi connectivity index (χ4n) is 1.81. The van der Waals surface area contributed by atoms with Crippen LogP contribution in [-0.4, -0.2) is 0 Å². The molecule has 0 spiro atoms. The van der Waals surface area contributed by atoms with Crippen molar-refractivity contribution in [3.05, 3.63) is 53.1 Å². The fourth-order valence-corrected chi connectivity index (χ4v) is 1.81. The zero-order valence-electron chi connectivity index (χ0n) is 10.5. The normalized spacial score (nSPS) is 10.3. The molecule has 0 bridgehead atoms. The molecule has 0 atom stereocenters. The highest BCUT2D eigenvalue weighted by atomic mass is 14.9. The second kappa shape index (κ2) is 4.50. The molecular formula is C15H18N2. The average molecular weight is 226 g/mol. The van der Waals surface area contributed by atoms with Gasteiger partial charge in [0.25, 0.3) is 0 Å². The third-order valence-electron chi connectivity index (χ3n) is 3.14. The minimum atomic E-state index is 0.781. The highest BCUT2D eigenvalue weighted by Crippen LogP contribution is 2.26. The number of hydrogen-bond acceptors (Lipinski definition) is 2. The largest absolute Gasteiger partial charge is 0.399 e. The Labute approximate surface area is 102 Å². The summed E-state index contributed by atoms with van der Waals surface area (Å²) in [6, 6.07) is 12.2. The summed E-state index contributed by atoms with van der Waals surface area (Å²) < 4.78 is 0. The Morgan fingerprint density at radius 2 is 1.65 bits per heavy atom. The summed E-state index contributed by atoms with van der Waals surface area (Å²) in [5.74, 6) is 0. The summed E-state index contributed by atoms with van der Waals surface area (Å²) in [7, 11) is 0. The molecule has 0 radical (unpaired) electrons. The number of rotatable bonds is 2. The second-order valence-corrected chi connectivity index (χ2v) is 4.45. The molecule has 3 N–H and O–H groups in total. The van der Waals surface area contributed by atoms with E-state index in [0.717, 1.165) is 17.1 Å². The van der Waals surface area contributed by atoms with Crippen LogP contribution in [0.5, 0.6) is 0 Å². The Balaban J connectivity index is 2.38. The van der Waals surface area contributed by atoms with E-state index in [1.165, 1.54) is 16.7 Å². The van der Waals surface area contributed by atoms with Crippen molar-refractivity contribution in [1.82, 2.24) is 0 Å². The van der Waals surface area contributed by atoms with Gasteiger partial charge in [-0.15, -0.1) is 0 Å². The molecule has 0 saturated carbocycles. The van der Waals surface area contributed by atoms with Gasteiger partial charge >= 0.3 is 0 Å². The Hall–Kier alpha value is -1.96. The van der Waals surface area contributed by atoms with Crippen molar-refractivity contribution in [2.45, 2.75) is 20.8 Å². The minimum absolute atomic E-state index is 0.781. The van der Waals surface area contributed by atoms with Crippen molar-refractivity contribution in [2.75, 3.05) is 11.1 Å². The van der Waals surface area contributed by atoms with Crippen molar-refractivity contribution in [1.29, 1.82) is 0 Å². The van der Waals surface area contributed by atoms with Crippen molar-refractivity contribution in [2.24, 2.45) is 0 Å². The predicted molar refractivity (Wildman–Crippen MR) is 74.8 cm³/mol. The van der Waals surface area contributed by atoms with E-state index in [4.69, 9.17) is 5.73 Å². The van der Waals surface area contributed by atoms with Crippen LogP contribution in [0.2, 0.25) is 0 Å². The van der Waals surface area contributed by atoms with E-state index in [1.807, 2.05) is 18.2 Å². The molecular weight excluding hydrogens is 208 g/mol. The first-order valence-electron chi connectivity index (χ1n) is 5.77. The van der Waals surface area contributed by atoms with Crippen LogP contribution in [0, 0.1) is 20.8 Å². The summed E-state index contributed by atoms with van der Waals surface area (Å²) in [6.07, 6.45) is 0. The zero-order valence-corrected chi connectivity index (χ0v) is 10.5. The molecule has 0 aromatic heterocycles. The average Bonchev–Trinajstić information content (AvgIpc) is 2.30. The molecule has 2 heteroatoms. The predicted octanol–water partition coefficient (Wildman–Crippen LogP) is 3.94. The zero-order chi connectivity index (χ0) is 12.4. The van der Waals surface area contributed by atoms with Crippen LogP contribution in [0.4, 0.5) is 17.1 Å². The number of nitrogen functional groups attached to an aromatic ring is 1. The smallest absolute Gasteiger partial charge is 0.0434 e. The molecule has 2 aromatic carbocycles. The molecule has 0 aliphatic carbocycles. The van der Waals surface area contributed by atoms with E-state index in [1.54, 1.807) is 0 Å². The molecule has 2 nitrogen and oxygen atoms in total.